The van der Waals surface area contributed by atoms with Gasteiger partial charge in [0, 0.05) is 35.9 Å². The van der Waals surface area contributed by atoms with Crippen LogP contribution < -0.4 is 15.5 Å². The molecule has 28 heavy (non-hydrogen) atoms. The maximum absolute atomic E-state index is 6.01. The van der Waals surface area contributed by atoms with Gasteiger partial charge in [0.25, 0.3) is 0 Å². The molecule has 0 aliphatic carbocycles. The predicted octanol–water partition coefficient (Wildman–Crippen LogP) is 0.493. The Kier molecular flexibility index (Phi) is 5.83. The molecule has 1 aromatic carbocycles. The van der Waals surface area contributed by atoms with Crippen LogP contribution in [0.3, 0.4) is 0 Å². The van der Waals surface area contributed by atoms with Gasteiger partial charge in [-0.1, -0.05) is 11.5 Å². The van der Waals surface area contributed by atoms with E-state index in [0.717, 1.165) is 52.8 Å². The summed E-state index contributed by atoms with van der Waals surface area (Å²) in [6.45, 7) is 7.05. The molecule has 3 heterocycles. The number of nitrogens with zero attached hydrogens (tertiary/aromatic N) is 3. The van der Waals surface area contributed by atoms with E-state index in [9.17, 15) is 0 Å². The van der Waals surface area contributed by atoms with E-state index in [2.05, 4.69) is 63.2 Å². The number of fused-ring (bicyclic) bond motifs is 3. The van der Waals surface area contributed by atoms with Gasteiger partial charge < -0.3 is 15.4 Å². The van der Waals surface area contributed by atoms with Gasteiger partial charge in [0.2, 0.25) is 11.3 Å². The summed E-state index contributed by atoms with van der Waals surface area (Å²) in [4.78, 5) is 16.3. The summed E-state index contributed by atoms with van der Waals surface area (Å²) in [6.07, 6.45) is 2.17. The van der Waals surface area contributed by atoms with Gasteiger partial charge in [0.05, 0.1) is 18.3 Å². The Balaban J connectivity index is 1.73. The van der Waals surface area contributed by atoms with Gasteiger partial charge in [0.1, 0.15) is 22.0 Å². The van der Waals surface area contributed by atoms with Crippen molar-refractivity contribution in [3.05, 3.63) is 33.6 Å². The minimum absolute atomic E-state index is 0.253. The maximum Gasteiger partial charge on any atom is 0.354 e. The summed E-state index contributed by atoms with van der Waals surface area (Å²) in [5.74, 6) is 2.23. The van der Waals surface area contributed by atoms with Crippen LogP contribution in [-0.4, -0.2) is 69.5 Å². The molecule has 0 saturated carbocycles. The second-order valence-corrected chi connectivity index (χ2v) is 8.93. The van der Waals surface area contributed by atoms with E-state index in [4.69, 9.17) is 15.5 Å². The molecule has 0 amide bonds. The third-order valence-corrected chi connectivity index (χ3v) is 6.70. The first-order valence-corrected chi connectivity index (χ1v) is 11.3. The highest BCUT2D eigenvalue weighted by Gasteiger charge is 2.29. The zero-order valence-electron chi connectivity index (χ0n) is 16.3. The summed E-state index contributed by atoms with van der Waals surface area (Å²) < 4.78 is 6.01. The predicted molar refractivity (Wildman–Crippen MR) is 115 cm³/mol. The molecule has 2 aliphatic rings. The Labute approximate surface area is 178 Å². The molecule has 2 aromatic rings. The Bertz CT molecular complexity index is 917. The number of nitrogens with two attached hydrogens (primary N) is 1. The van der Waals surface area contributed by atoms with Gasteiger partial charge in [-0.2, -0.15) is 0 Å². The number of aliphatic imine (C=N–C) groups is 1. The van der Waals surface area contributed by atoms with Crippen LogP contribution in [0.1, 0.15) is 35.2 Å². The van der Waals surface area contributed by atoms with Crippen LogP contribution >= 0.6 is 11.3 Å². The Morgan fingerprint density at radius 3 is 3.04 bits per heavy atom. The van der Waals surface area contributed by atoms with E-state index in [-0.39, 0.29) is 6.04 Å². The van der Waals surface area contributed by atoms with E-state index in [1.807, 2.05) is 0 Å². The Hall–Kier alpha value is -1.72. The monoisotopic (exact) mass is 410 g/mol. The fourth-order valence-electron chi connectivity index (χ4n) is 3.63. The van der Waals surface area contributed by atoms with Crippen molar-refractivity contribution in [1.82, 2.24) is 9.88 Å². The van der Waals surface area contributed by atoms with Crippen molar-refractivity contribution in [3.8, 4) is 17.0 Å². The fourth-order valence-corrected chi connectivity index (χ4v) is 4.95. The molecular weight excluding hydrogens is 385 g/mol. The largest absolute Gasteiger partial charge is 0.493 e. The van der Waals surface area contributed by atoms with Crippen LogP contribution in [0, 0.1) is 0 Å². The van der Waals surface area contributed by atoms with E-state index in [1.54, 1.807) is 11.3 Å². The van der Waals surface area contributed by atoms with Crippen LogP contribution in [0.15, 0.2) is 23.2 Å². The van der Waals surface area contributed by atoms with E-state index < -0.39 is 0 Å². The molecule has 0 atom stereocenters. The molecule has 1 saturated heterocycles. The molecule has 4 rings (SSSR count). The van der Waals surface area contributed by atoms with Gasteiger partial charge in [-0.25, -0.2) is 4.98 Å². The van der Waals surface area contributed by atoms with Crippen LogP contribution in [0.4, 0.5) is 0 Å². The summed E-state index contributed by atoms with van der Waals surface area (Å²) in [5, 5.41) is 1.91. The number of likely N-dealkylation sites (tertiary alicyclic amines) is 1. The van der Waals surface area contributed by atoms with Gasteiger partial charge in [-0.15, -0.1) is 11.3 Å². The van der Waals surface area contributed by atoms with Gasteiger partial charge in [-0.3, -0.25) is 4.99 Å². The Morgan fingerprint density at radius 1 is 1.50 bits per heavy atom. The summed E-state index contributed by atoms with van der Waals surface area (Å²) in [7, 11) is 0. The number of hydrogen-bond acceptors (Lipinski definition) is 4. The maximum atomic E-state index is 6.01. The Morgan fingerprint density at radius 2 is 2.32 bits per heavy atom. The quantitative estimate of drug-likeness (QED) is 0.437. The first-order chi connectivity index (χ1) is 13.6. The van der Waals surface area contributed by atoms with Crippen LogP contribution in [0.25, 0.3) is 11.3 Å². The van der Waals surface area contributed by atoms with Crippen molar-refractivity contribution in [1.29, 1.82) is 0 Å². The lowest BCUT2D eigenvalue weighted by atomic mass is 9.90. The third kappa shape index (κ3) is 3.88. The van der Waals surface area contributed by atoms with Crippen LogP contribution in [0.5, 0.6) is 5.75 Å². The first kappa shape index (κ1) is 19.6. The number of rotatable bonds is 4. The molecule has 2 aliphatic heterocycles. The smallest absolute Gasteiger partial charge is 0.354 e. The number of nitrogens with one attached hydrogen (secondary N) is 1. The summed E-state index contributed by atoms with van der Waals surface area (Å²) in [5.41, 5.74) is 9.04. The van der Waals surface area contributed by atoms with Gasteiger partial charge >= 0.3 is 5.84 Å². The van der Waals surface area contributed by atoms with Crippen molar-refractivity contribution >= 4 is 39.8 Å². The SMILES string of the molecule is CC(C)[NH+]=C(N=CN)c1nc2c(s1)CCOc1ccc(C3CN([CH2][Al])C3)cc1-2. The lowest BCUT2D eigenvalue weighted by molar-refractivity contribution is -0.493. The second-order valence-electron chi connectivity index (χ2n) is 7.49. The van der Waals surface area contributed by atoms with Crippen molar-refractivity contribution < 1.29 is 9.73 Å². The van der Waals surface area contributed by atoms with E-state index >= 15 is 0 Å². The normalized spacial score (nSPS) is 17.9. The summed E-state index contributed by atoms with van der Waals surface area (Å²) in [6, 6.07) is 6.84. The zero-order chi connectivity index (χ0) is 19.7. The lowest BCUT2D eigenvalue weighted by Crippen LogP contribution is -2.77. The molecule has 3 N–H and O–H groups in total. The second kappa shape index (κ2) is 8.34. The minimum Gasteiger partial charge on any atom is -0.493 e. The highest BCUT2D eigenvalue weighted by atomic mass is 32.1. The van der Waals surface area contributed by atoms with Crippen LogP contribution in [-0.2, 0) is 6.42 Å². The zero-order valence-corrected chi connectivity index (χ0v) is 18.3. The highest BCUT2D eigenvalue weighted by molar-refractivity contribution is 7.14. The van der Waals surface area contributed by atoms with Crippen LogP contribution in [0.2, 0.25) is 0 Å². The lowest BCUT2D eigenvalue weighted by Gasteiger charge is -2.39. The van der Waals surface area contributed by atoms with Crippen molar-refractivity contribution in [2.75, 3.05) is 25.1 Å². The number of aromatic nitrogens is 1. The number of amidine groups is 1. The van der Waals surface area contributed by atoms with E-state index in [0.29, 0.717) is 12.5 Å². The van der Waals surface area contributed by atoms with E-state index in [1.165, 1.54) is 16.8 Å². The first-order valence-electron chi connectivity index (χ1n) is 9.66. The molecule has 2 radical (unpaired) electrons. The number of ether oxygens (including phenoxy) is 1. The van der Waals surface area contributed by atoms with Crippen molar-refractivity contribution in [2.24, 2.45) is 10.7 Å². The number of benzene rings is 1. The molecule has 1 fully saturated rings. The highest BCUT2D eigenvalue weighted by Crippen LogP contribution is 2.40. The topological polar surface area (TPSA) is 77.7 Å². The van der Waals surface area contributed by atoms with Gasteiger partial charge in [-0.05, 0) is 36.5 Å². The van der Waals surface area contributed by atoms with Crippen molar-refractivity contribution in [2.45, 2.75) is 32.2 Å². The minimum atomic E-state index is 0.253. The van der Waals surface area contributed by atoms with Crippen molar-refractivity contribution in [3.63, 3.8) is 0 Å². The molecule has 0 spiro atoms. The molecule has 1 aromatic heterocycles. The van der Waals surface area contributed by atoms with Gasteiger partial charge in [0.15, 0.2) is 0 Å². The molecule has 6 nitrogen and oxygen atoms in total. The standard InChI is InChI=1S/C20H24N5OS.Al/c1-12(2)23-19(22-11-21)20-24-18-15-8-13(14-9-25(3)10-14)4-5-16(15)26-7-6-17(18)27-20;/h4-5,8,11-12,14H,3,6-7,9-10H2,1-2H3,(H2,21,22,23);/p+1. The number of hydrogen-bond donors (Lipinski definition) is 2. The molecule has 144 valence electrons. The average molecular weight is 411 g/mol. The molecular formula is C20H25AlN5OS+. The number of thiazole rings is 1. The summed E-state index contributed by atoms with van der Waals surface area (Å²) >= 11 is 4.47. The average Bonchev–Trinajstić information content (AvgIpc) is 2.97. The molecule has 0 unspecified atom stereocenters. The third-order valence-electron chi connectivity index (χ3n) is 5.06. The molecule has 0 bridgehead atoms. The molecule has 8 heteroatoms. The fraction of sp³-hybridized carbons (Fsp3) is 0.450.